The minimum absolute atomic E-state index is 0.0294. The summed E-state index contributed by atoms with van der Waals surface area (Å²) in [5.74, 6) is -0.574. The van der Waals surface area contributed by atoms with Gasteiger partial charge < -0.3 is 50.0 Å². The molecule has 1 saturated heterocycles. The van der Waals surface area contributed by atoms with Gasteiger partial charge in [-0.05, 0) is 6.42 Å². The molecule has 0 aliphatic carbocycles. The highest BCUT2D eigenvalue weighted by Crippen LogP contribution is 2.15. The maximum atomic E-state index is 11.4. The Bertz CT molecular complexity index is 433. The number of unbranched alkanes of at least 4 members (excludes halogenated alkanes) is 2. The van der Waals surface area contributed by atoms with Gasteiger partial charge in [-0.1, -0.05) is 19.8 Å². The van der Waals surface area contributed by atoms with Gasteiger partial charge in [0.2, 0.25) is 0 Å². The molecule has 0 aromatic carbocycles. The Morgan fingerprint density at radius 2 is 1.65 bits per heavy atom. The Kier molecular flexibility index (Phi) is 18.4. The Balaban J connectivity index is 0.000000590. The number of aliphatic hydroxyl groups is 7. The van der Waals surface area contributed by atoms with Gasteiger partial charge in [-0.3, -0.25) is 4.79 Å². The molecular formula is C20H40O11. The van der Waals surface area contributed by atoms with Crippen molar-refractivity contribution in [3.05, 3.63) is 0 Å². The lowest BCUT2D eigenvalue weighted by molar-refractivity contribution is -0.147. The minimum Gasteiger partial charge on any atom is -0.394 e. The SMILES string of the molecule is CCCCCC(=O)C(O)C(O)C(O)C(O)CO.OCCOCCOCC(O)CC1CO1. The van der Waals surface area contributed by atoms with E-state index in [2.05, 4.69) is 0 Å². The van der Waals surface area contributed by atoms with Crippen LogP contribution in [0.2, 0.25) is 0 Å². The van der Waals surface area contributed by atoms with E-state index in [9.17, 15) is 25.2 Å². The fraction of sp³-hybridized carbons (Fsp3) is 0.950. The molecule has 11 nitrogen and oxygen atoms in total. The predicted octanol–water partition coefficient (Wildman–Crippen LogP) is -2.27. The summed E-state index contributed by atoms with van der Waals surface area (Å²) in [6, 6.07) is 0. The maximum absolute atomic E-state index is 11.4. The number of hydrogen-bond acceptors (Lipinski definition) is 11. The smallest absolute Gasteiger partial charge is 0.164 e. The number of epoxide rings is 1. The van der Waals surface area contributed by atoms with Gasteiger partial charge in [-0.2, -0.15) is 0 Å². The number of Topliss-reactive ketones (excluding diaryl/α,β-unsaturated/α-hetero) is 1. The number of carbonyl (C=O) groups excluding carboxylic acids is 1. The lowest BCUT2D eigenvalue weighted by Crippen LogP contribution is -2.48. The lowest BCUT2D eigenvalue weighted by Gasteiger charge is -2.24. The van der Waals surface area contributed by atoms with Crippen LogP contribution in [0.25, 0.3) is 0 Å². The third-order valence-corrected chi connectivity index (χ3v) is 4.47. The van der Waals surface area contributed by atoms with Crippen molar-refractivity contribution >= 4 is 5.78 Å². The van der Waals surface area contributed by atoms with Gasteiger partial charge in [0.25, 0.3) is 0 Å². The fourth-order valence-electron chi connectivity index (χ4n) is 2.49. The number of rotatable bonds is 18. The van der Waals surface area contributed by atoms with E-state index < -0.39 is 42.9 Å². The first-order chi connectivity index (χ1) is 14.8. The number of ether oxygens (including phenoxy) is 3. The van der Waals surface area contributed by atoms with Crippen LogP contribution in [0.3, 0.4) is 0 Å². The predicted molar refractivity (Wildman–Crippen MR) is 109 cm³/mol. The highest BCUT2D eigenvalue weighted by molar-refractivity contribution is 5.83. The van der Waals surface area contributed by atoms with E-state index in [4.69, 9.17) is 29.5 Å². The van der Waals surface area contributed by atoms with Gasteiger partial charge in [0.15, 0.2) is 5.78 Å². The second-order valence-electron chi connectivity index (χ2n) is 7.36. The fourth-order valence-corrected chi connectivity index (χ4v) is 2.49. The molecule has 0 aromatic rings. The summed E-state index contributed by atoms with van der Waals surface area (Å²) in [7, 11) is 0. The zero-order valence-corrected chi connectivity index (χ0v) is 18.2. The quantitative estimate of drug-likeness (QED) is 0.0870. The number of carbonyl (C=O) groups is 1. The van der Waals surface area contributed by atoms with Gasteiger partial charge in [-0.25, -0.2) is 0 Å². The van der Waals surface area contributed by atoms with Crippen LogP contribution < -0.4 is 0 Å². The zero-order valence-electron chi connectivity index (χ0n) is 18.2. The molecular weight excluding hydrogens is 416 g/mol. The van der Waals surface area contributed by atoms with E-state index in [0.29, 0.717) is 39.3 Å². The summed E-state index contributed by atoms with van der Waals surface area (Å²) in [5, 5.41) is 63.6. The third kappa shape index (κ3) is 15.7. The van der Waals surface area contributed by atoms with Gasteiger partial charge in [0.05, 0.1) is 58.5 Å². The van der Waals surface area contributed by atoms with Crippen molar-refractivity contribution in [1.82, 2.24) is 0 Å². The van der Waals surface area contributed by atoms with Crippen LogP contribution >= 0.6 is 0 Å². The topological polar surface area (TPSA) is 190 Å². The number of hydrogen-bond donors (Lipinski definition) is 7. The highest BCUT2D eigenvalue weighted by Gasteiger charge is 2.33. The van der Waals surface area contributed by atoms with Crippen LogP contribution in [0.4, 0.5) is 0 Å². The van der Waals surface area contributed by atoms with Crippen molar-refractivity contribution in [3.63, 3.8) is 0 Å². The normalized spacial score (nSPS) is 20.2. The summed E-state index contributed by atoms with van der Waals surface area (Å²) < 4.78 is 15.1. The summed E-state index contributed by atoms with van der Waals surface area (Å²) >= 11 is 0. The average Bonchev–Trinajstić information content (AvgIpc) is 3.58. The third-order valence-electron chi connectivity index (χ3n) is 4.47. The summed E-state index contributed by atoms with van der Waals surface area (Å²) in [6.07, 6.45) is -3.90. The van der Waals surface area contributed by atoms with Crippen molar-refractivity contribution in [2.45, 2.75) is 75.7 Å². The molecule has 11 heteroatoms. The first-order valence-electron chi connectivity index (χ1n) is 10.7. The molecule has 6 unspecified atom stereocenters. The minimum atomic E-state index is -1.79. The molecule has 1 aliphatic rings. The monoisotopic (exact) mass is 456 g/mol. The zero-order chi connectivity index (χ0) is 23.6. The van der Waals surface area contributed by atoms with E-state index in [1.165, 1.54) is 0 Å². The first kappa shape index (κ1) is 30.3. The molecule has 0 saturated carbocycles. The Morgan fingerprint density at radius 3 is 2.19 bits per heavy atom. The van der Waals surface area contributed by atoms with Gasteiger partial charge >= 0.3 is 0 Å². The maximum Gasteiger partial charge on any atom is 0.164 e. The van der Waals surface area contributed by atoms with Crippen LogP contribution in [0.15, 0.2) is 0 Å². The molecule has 0 bridgehead atoms. The van der Waals surface area contributed by atoms with Crippen molar-refractivity contribution < 1.29 is 54.8 Å². The molecule has 1 fully saturated rings. The highest BCUT2D eigenvalue weighted by atomic mass is 16.6. The largest absolute Gasteiger partial charge is 0.394 e. The first-order valence-corrected chi connectivity index (χ1v) is 10.7. The lowest BCUT2D eigenvalue weighted by atomic mass is 9.97. The van der Waals surface area contributed by atoms with E-state index >= 15 is 0 Å². The summed E-state index contributed by atoms with van der Waals surface area (Å²) in [5.41, 5.74) is 0. The molecule has 0 spiro atoms. The summed E-state index contributed by atoms with van der Waals surface area (Å²) in [6.45, 7) is 3.56. The second-order valence-corrected chi connectivity index (χ2v) is 7.36. The van der Waals surface area contributed by atoms with Crippen molar-refractivity contribution in [3.8, 4) is 0 Å². The van der Waals surface area contributed by atoms with E-state index in [0.717, 1.165) is 19.4 Å². The van der Waals surface area contributed by atoms with E-state index in [-0.39, 0.29) is 19.1 Å². The molecule has 31 heavy (non-hydrogen) atoms. The number of ketones is 1. The van der Waals surface area contributed by atoms with Gasteiger partial charge in [-0.15, -0.1) is 0 Å². The van der Waals surface area contributed by atoms with Crippen LogP contribution in [0.5, 0.6) is 0 Å². The molecule has 1 heterocycles. The Hall–Kier alpha value is -0.730. The number of aliphatic hydroxyl groups excluding tert-OH is 7. The van der Waals surface area contributed by atoms with E-state index in [1.807, 2.05) is 6.92 Å². The Morgan fingerprint density at radius 1 is 1.00 bits per heavy atom. The molecule has 7 N–H and O–H groups in total. The van der Waals surface area contributed by atoms with Crippen LogP contribution in [-0.4, -0.2) is 124 Å². The molecule has 0 radical (unpaired) electrons. The van der Waals surface area contributed by atoms with Crippen molar-refractivity contribution in [2.75, 3.05) is 46.2 Å². The summed E-state index contributed by atoms with van der Waals surface area (Å²) in [4.78, 5) is 11.4. The van der Waals surface area contributed by atoms with E-state index in [1.54, 1.807) is 0 Å². The van der Waals surface area contributed by atoms with Crippen LogP contribution in [0.1, 0.15) is 39.0 Å². The average molecular weight is 457 g/mol. The van der Waals surface area contributed by atoms with Crippen LogP contribution in [0, 0.1) is 0 Å². The standard InChI is InChI=1S/C11H22O6.C9H18O5/c1-2-3-4-5-7(13)9(15)11(17)10(16)8(14)6-12;10-1-2-12-3-4-13-6-8(11)5-9-7-14-9/h8-12,14-17H,2-6H2,1H3;8-11H,1-7H2. The van der Waals surface area contributed by atoms with Gasteiger partial charge in [0.1, 0.15) is 24.4 Å². The molecule has 6 atom stereocenters. The van der Waals surface area contributed by atoms with Crippen molar-refractivity contribution in [2.24, 2.45) is 0 Å². The second kappa shape index (κ2) is 18.8. The van der Waals surface area contributed by atoms with Crippen LogP contribution in [-0.2, 0) is 19.0 Å². The molecule has 1 aliphatic heterocycles. The Labute approximate surface area is 183 Å². The van der Waals surface area contributed by atoms with Crippen molar-refractivity contribution in [1.29, 1.82) is 0 Å². The molecule has 0 aromatic heterocycles. The molecule has 1 rings (SSSR count). The molecule has 0 amide bonds. The molecule has 186 valence electrons. The van der Waals surface area contributed by atoms with Gasteiger partial charge in [0, 0.05) is 12.8 Å².